The molecule has 0 radical (unpaired) electrons. The van der Waals surface area contributed by atoms with Crippen LogP contribution in [0.2, 0.25) is 0 Å². The minimum Gasteiger partial charge on any atom is -0.396 e. The number of nitrogen functional groups attached to an aromatic ring is 1. The van der Waals surface area contributed by atoms with Crippen molar-refractivity contribution in [2.24, 2.45) is 0 Å². The minimum atomic E-state index is -3.63. The summed E-state index contributed by atoms with van der Waals surface area (Å²) >= 11 is 0. The Balaban J connectivity index is 3.05. The molecule has 0 bridgehead atoms. The number of rotatable bonds is 4. The molecule has 1 aromatic rings. The first kappa shape index (κ1) is 11.7. The fourth-order valence-electron chi connectivity index (χ4n) is 0.941. The molecule has 0 heterocycles. The molecule has 1 aromatic carbocycles. The van der Waals surface area contributed by atoms with Gasteiger partial charge in [-0.25, -0.2) is 17.5 Å². The largest absolute Gasteiger partial charge is 0.396 e. The number of halogens is 1. The third kappa shape index (κ3) is 2.77. The van der Waals surface area contributed by atoms with Gasteiger partial charge in [0.2, 0.25) is 10.0 Å². The zero-order chi connectivity index (χ0) is 11.5. The molecule has 82 valence electrons. The van der Waals surface area contributed by atoms with Crippen LogP contribution in [0.1, 0.15) is 0 Å². The lowest BCUT2D eigenvalue weighted by Gasteiger charge is -2.05. The second-order valence-corrected chi connectivity index (χ2v) is 4.59. The summed E-state index contributed by atoms with van der Waals surface area (Å²) in [6.07, 6.45) is 1.41. The van der Waals surface area contributed by atoms with Gasteiger partial charge in [0.05, 0.1) is 10.6 Å². The average Bonchev–Trinajstić information content (AvgIpc) is 2.19. The van der Waals surface area contributed by atoms with Crippen LogP contribution >= 0.6 is 0 Å². The van der Waals surface area contributed by atoms with Gasteiger partial charge in [0, 0.05) is 6.54 Å². The second kappa shape index (κ2) is 4.41. The van der Waals surface area contributed by atoms with Crippen molar-refractivity contribution in [3.05, 3.63) is 36.7 Å². The van der Waals surface area contributed by atoms with E-state index in [1.165, 1.54) is 6.08 Å². The predicted molar refractivity (Wildman–Crippen MR) is 56.2 cm³/mol. The smallest absolute Gasteiger partial charge is 0.240 e. The van der Waals surface area contributed by atoms with E-state index >= 15 is 0 Å². The van der Waals surface area contributed by atoms with Crippen molar-refractivity contribution in [3.8, 4) is 0 Å². The molecule has 0 aromatic heterocycles. The van der Waals surface area contributed by atoms with Crippen LogP contribution in [-0.4, -0.2) is 15.0 Å². The van der Waals surface area contributed by atoms with E-state index in [-0.39, 0.29) is 17.1 Å². The Morgan fingerprint density at radius 1 is 1.53 bits per heavy atom. The lowest BCUT2D eigenvalue weighted by atomic mass is 10.3. The third-order valence-electron chi connectivity index (χ3n) is 1.70. The highest BCUT2D eigenvalue weighted by Crippen LogP contribution is 2.16. The Morgan fingerprint density at radius 2 is 2.20 bits per heavy atom. The fraction of sp³-hybridized carbons (Fsp3) is 0.111. The molecule has 0 aliphatic carbocycles. The van der Waals surface area contributed by atoms with Gasteiger partial charge in [0.25, 0.3) is 0 Å². The van der Waals surface area contributed by atoms with Gasteiger partial charge in [-0.3, -0.25) is 0 Å². The molecule has 15 heavy (non-hydrogen) atoms. The Bertz CT molecular complexity index is 471. The van der Waals surface area contributed by atoms with E-state index in [1.807, 2.05) is 0 Å². The zero-order valence-electron chi connectivity index (χ0n) is 7.90. The highest BCUT2D eigenvalue weighted by atomic mass is 32.2. The molecule has 0 unspecified atom stereocenters. The van der Waals surface area contributed by atoms with E-state index in [0.717, 1.165) is 18.2 Å². The predicted octanol–water partition coefficient (Wildman–Crippen LogP) is 0.872. The van der Waals surface area contributed by atoms with Crippen LogP contribution < -0.4 is 10.5 Å². The lowest BCUT2D eigenvalue weighted by Crippen LogP contribution is -2.23. The Kier molecular flexibility index (Phi) is 3.43. The van der Waals surface area contributed by atoms with Crippen molar-refractivity contribution in [2.45, 2.75) is 4.90 Å². The first-order valence-corrected chi connectivity index (χ1v) is 5.61. The van der Waals surface area contributed by atoms with Gasteiger partial charge >= 0.3 is 0 Å². The molecule has 3 N–H and O–H groups in total. The maximum Gasteiger partial charge on any atom is 0.240 e. The van der Waals surface area contributed by atoms with Gasteiger partial charge in [0.1, 0.15) is 5.82 Å². The van der Waals surface area contributed by atoms with Crippen molar-refractivity contribution in [1.82, 2.24) is 4.72 Å². The summed E-state index contributed by atoms with van der Waals surface area (Å²) in [5.74, 6) is -0.641. The summed E-state index contributed by atoms with van der Waals surface area (Å²) in [5, 5.41) is 0. The average molecular weight is 230 g/mol. The van der Waals surface area contributed by atoms with Crippen molar-refractivity contribution in [3.63, 3.8) is 0 Å². The van der Waals surface area contributed by atoms with E-state index in [4.69, 9.17) is 5.73 Å². The molecule has 0 aliphatic rings. The van der Waals surface area contributed by atoms with Crippen LogP contribution in [0, 0.1) is 5.82 Å². The summed E-state index contributed by atoms with van der Waals surface area (Å²) in [6, 6.07) is 3.23. The molecule has 0 saturated heterocycles. The molecule has 0 spiro atoms. The molecule has 0 saturated carbocycles. The lowest BCUT2D eigenvalue weighted by molar-refractivity contribution is 0.585. The second-order valence-electron chi connectivity index (χ2n) is 2.82. The molecule has 0 aliphatic heterocycles. The normalized spacial score (nSPS) is 11.3. The maximum absolute atomic E-state index is 12.8. The van der Waals surface area contributed by atoms with E-state index < -0.39 is 15.8 Å². The number of nitrogens with one attached hydrogen (secondary N) is 1. The molecule has 1 rings (SSSR count). The van der Waals surface area contributed by atoms with Crippen LogP contribution in [-0.2, 0) is 10.0 Å². The van der Waals surface area contributed by atoms with E-state index in [2.05, 4.69) is 11.3 Å². The summed E-state index contributed by atoms with van der Waals surface area (Å²) in [5.41, 5.74) is 5.06. The van der Waals surface area contributed by atoms with Gasteiger partial charge < -0.3 is 5.73 Å². The highest BCUT2D eigenvalue weighted by Gasteiger charge is 2.13. The van der Waals surface area contributed by atoms with Crippen molar-refractivity contribution in [1.29, 1.82) is 0 Å². The Labute approximate surface area is 87.7 Å². The molecule has 4 nitrogen and oxygen atoms in total. The van der Waals surface area contributed by atoms with Gasteiger partial charge in [-0.15, -0.1) is 6.58 Å². The molecule has 0 fully saturated rings. The SMILES string of the molecule is C=CCNS(=O)(=O)c1ccc(F)c(N)c1. The summed E-state index contributed by atoms with van der Waals surface area (Å²) < 4.78 is 38.1. The number of anilines is 1. The van der Waals surface area contributed by atoms with Crippen LogP contribution in [0.3, 0.4) is 0 Å². The molecular formula is C9H11FN2O2S. The number of sulfonamides is 1. The van der Waals surface area contributed by atoms with Gasteiger partial charge in [-0.2, -0.15) is 0 Å². The van der Waals surface area contributed by atoms with Crippen LogP contribution in [0.5, 0.6) is 0 Å². The van der Waals surface area contributed by atoms with Crippen LogP contribution in [0.25, 0.3) is 0 Å². The quantitative estimate of drug-likeness (QED) is 0.595. The number of nitrogens with two attached hydrogens (primary N) is 1. The van der Waals surface area contributed by atoms with Gasteiger partial charge in [0.15, 0.2) is 0 Å². The van der Waals surface area contributed by atoms with E-state index in [9.17, 15) is 12.8 Å². The first-order valence-electron chi connectivity index (χ1n) is 4.13. The van der Waals surface area contributed by atoms with E-state index in [1.54, 1.807) is 0 Å². The zero-order valence-corrected chi connectivity index (χ0v) is 8.72. The minimum absolute atomic E-state index is 0.0664. The Hall–Kier alpha value is -1.40. The van der Waals surface area contributed by atoms with Gasteiger partial charge in [-0.05, 0) is 18.2 Å². The summed E-state index contributed by atoms with van der Waals surface area (Å²) in [6.45, 7) is 3.49. The number of benzene rings is 1. The monoisotopic (exact) mass is 230 g/mol. The summed E-state index contributed by atoms with van der Waals surface area (Å²) in [7, 11) is -3.63. The van der Waals surface area contributed by atoms with Crippen molar-refractivity contribution in [2.75, 3.05) is 12.3 Å². The van der Waals surface area contributed by atoms with Crippen molar-refractivity contribution < 1.29 is 12.8 Å². The van der Waals surface area contributed by atoms with Crippen LogP contribution in [0.15, 0.2) is 35.7 Å². The molecule has 0 atom stereocenters. The summed E-state index contributed by atoms with van der Waals surface area (Å²) in [4.78, 5) is -0.0664. The van der Waals surface area contributed by atoms with E-state index in [0.29, 0.717) is 0 Å². The highest BCUT2D eigenvalue weighted by molar-refractivity contribution is 7.89. The molecule has 6 heteroatoms. The molecular weight excluding hydrogens is 219 g/mol. The third-order valence-corrected chi connectivity index (χ3v) is 3.12. The topological polar surface area (TPSA) is 72.2 Å². The fourth-order valence-corrected chi connectivity index (χ4v) is 1.97. The first-order chi connectivity index (χ1) is 6.97. The standard InChI is InChI=1S/C9H11FN2O2S/c1-2-5-12-15(13,14)7-3-4-8(10)9(11)6-7/h2-4,6,12H,1,5,11H2. The number of hydrogen-bond donors (Lipinski definition) is 2. The van der Waals surface area contributed by atoms with Gasteiger partial charge in [-0.1, -0.05) is 6.08 Å². The van der Waals surface area contributed by atoms with Crippen LogP contribution in [0.4, 0.5) is 10.1 Å². The maximum atomic E-state index is 12.8. The molecule has 0 amide bonds. The van der Waals surface area contributed by atoms with Crippen molar-refractivity contribution >= 4 is 15.7 Å². The number of hydrogen-bond acceptors (Lipinski definition) is 3. The Morgan fingerprint density at radius 3 is 2.73 bits per heavy atom.